The highest BCUT2D eigenvalue weighted by Gasteiger charge is 2.31. The molecule has 0 amide bonds. The van der Waals surface area contributed by atoms with Gasteiger partial charge >= 0.3 is 0 Å². The lowest BCUT2D eigenvalue weighted by Gasteiger charge is -2.36. The number of aliphatic hydroxyl groups is 1. The molecule has 0 unspecified atom stereocenters. The Kier molecular flexibility index (Phi) is 5.56. The van der Waals surface area contributed by atoms with Crippen LogP contribution in [0.4, 0.5) is 0 Å². The number of nitrogens with one attached hydrogen (secondary N) is 1. The first-order valence-electron chi connectivity index (χ1n) is 7.36. The van der Waals surface area contributed by atoms with Crippen molar-refractivity contribution in [2.45, 2.75) is 25.0 Å². The molecule has 1 aromatic heterocycles. The highest BCUT2D eigenvalue weighted by Crippen LogP contribution is 2.13. The molecule has 8 nitrogen and oxygen atoms in total. The van der Waals surface area contributed by atoms with E-state index >= 15 is 0 Å². The summed E-state index contributed by atoms with van der Waals surface area (Å²) in [5, 5.41) is 10.2. The standard InChI is InChI=1S/C13H25N5O3S/c1-16(2)22(20,21)15-11-4-7-18(10-12(11)19)8-5-13-14-6-9-17(13)3/h6,9,11-12,15,19H,4-5,7-8,10H2,1-3H3/t11-,12-/m1/s1. The predicted molar refractivity (Wildman–Crippen MR) is 83.5 cm³/mol. The van der Waals surface area contributed by atoms with Crippen LogP contribution in [0, 0.1) is 0 Å². The van der Waals surface area contributed by atoms with Gasteiger partial charge in [-0.3, -0.25) is 0 Å². The fourth-order valence-corrected chi connectivity index (χ4v) is 3.40. The van der Waals surface area contributed by atoms with Gasteiger partial charge in [0.15, 0.2) is 0 Å². The van der Waals surface area contributed by atoms with Crippen molar-refractivity contribution in [3.63, 3.8) is 0 Å². The summed E-state index contributed by atoms with van der Waals surface area (Å²) in [5.74, 6) is 1.00. The monoisotopic (exact) mass is 331 g/mol. The van der Waals surface area contributed by atoms with E-state index in [-0.39, 0.29) is 0 Å². The number of likely N-dealkylation sites (tertiary alicyclic amines) is 1. The topological polar surface area (TPSA) is 90.7 Å². The van der Waals surface area contributed by atoms with Crippen molar-refractivity contribution < 1.29 is 13.5 Å². The van der Waals surface area contributed by atoms with Gasteiger partial charge in [0.05, 0.1) is 12.1 Å². The van der Waals surface area contributed by atoms with Gasteiger partial charge in [-0.25, -0.2) is 4.98 Å². The van der Waals surface area contributed by atoms with Crippen LogP contribution < -0.4 is 4.72 Å². The molecule has 2 atom stereocenters. The second kappa shape index (κ2) is 7.05. The number of β-amino-alcohol motifs (C(OH)–C–C–N with tert-alkyl or cyclic N) is 1. The lowest BCUT2D eigenvalue weighted by molar-refractivity contribution is 0.0480. The van der Waals surface area contributed by atoms with Gasteiger partial charge in [0.1, 0.15) is 5.82 Å². The van der Waals surface area contributed by atoms with Crippen LogP contribution in [0.25, 0.3) is 0 Å². The van der Waals surface area contributed by atoms with Crippen LogP contribution in [-0.2, 0) is 23.7 Å². The molecule has 2 rings (SSSR count). The largest absolute Gasteiger partial charge is 0.390 e. The van der Waals surface area contributed by atoms with E-state index in [1.807, 2.05) is 17.8 Å². The van der Waals surface area contributed by atoms with Crippen molar-refractivity contribution in [3.8, 4) is 0 Å². The van der Waals surface area contributed by atoms with Crippen molar-refractivity contribution in [3.05, 3.63) is 18.2 Å². The molecule has 0 aromatic carbocycles. The van der Waals surface area contributed by atoms with Crippen LogP contribution in [0.1, 0.15) is 12.2 Å². The summed E-state index contributed by atoms with van der Waals surface area (Å²) in [6.45, 7) is 2.02. The van der Waals surface area contributed by atoms with E-state index in [2.05, 4.69) is 14.6 Å². The van der Waals surface area contributed by atoms with E-state index < -0.39 is 22.4 Å². The van der Waals surface area contributed by atoms with Crippen LogP contribution in [0.15, 0.2) is 12.4 Å². The maximum atomic E-state index is 11.8. The van der Waals surface area contributed by atoms with Gasteiger partial charge < -0.3 is 14.6 Å². The number of aryl methyl sites for hydroxylation is 1. The highest BCUT2D eigenvalue weighted by molar-refractivity contribution is 7.87. The Morgan fingerprint density at radius 2 is 2.23 bits per heavy atom. The lowest BCUT2D eigenvalue weighted by Crippen LogP contribution is -2.55. The van der Waals surface area contributed by atoms with Gasteiger partial charge in [-0.15, -0.1) is 0 Å². The van der Waals surface area contributed by atoms with E-state index in [9.17, 15) is 13.5 Å². The second-order valence-electron chi connectivity index (χ2n) is 5.87. The van der Waals surface area contributed by atoms with Crippen LogP contribution in [0.3, 0.4) is 0 Å². The zero-order valence-electron chi connectivity index (χ0n) is 13.3. The predicted octanol–water partition coefficient (Wildman–Crippen LogP) is -1.21. The van der Waals surface area contributed by atoms with Crippen molar-refractivity contribution >= 4 is 10.2 Å². The molecule has 1 aromatic rings. The Morgan fingerprint density at radius 1 is 1.50 bits per heavy atom. The first-order chi connectivity index (χ1) is 10.3. The molecule has 0 aliphatic carbocycles. The number of imidazole rings is 1. The van der Waals surface area contributed by atoms with Gasteiger partial charge in [0.25, 0.3) is 10.2 Å². The lowest BCUT2D eigenvalue weighted by atomic mass is 10.0. The van der Waals surface area contributed by atoms with Crippen molar-refractivity contribution in [1.82, 2.24) is 23.5 Å². The van der Waals surface area contributed by atoms with E-state index in [4.69, 9.17) is 0 Å². The summed E-state index contributed by atoms with van der Waals surface area (Å²) < 4.78 is 29.3. The quantitative estimate of drug-likeness (QED) is 0.683. The Morgan fingerprint density at radius 3 is 2.77 bits per heavy atom. The highest BCUT2D eigenvalue weighted by atomic mass is 32.2. The molecule has 126 valence electrons. The summed E-state index contributed by atoms with van der Waals surface area (Å²) in [5.41, 5.74) is 0. The molecule has 1 fully saturated rings. The van der Waals surface area contributed by atoms with Crippen molar-refractivity contribution in [1.29, 1.82) is 0 Å². The number of hydrogen-bond donors (Lipinski definition) is 2. The SMILES string of the molecule is CN(C)S(=O)(=O)N[C@@H]1CCN(CCc2nccn2C)C[C@H]1O. The third-order valence-electron chi connectivity index (χ3n) is 4.02. The molecule has 0 radical (unpaired) electrons. The molecule has 1 aliphatic rings. The molecular weight excluding hydrogens is 306 g/mol. The minimum absolute atomic E-state index is 0.434. The average molecular weight is 331 g/mol. The molecule has 0 bridgehead atoms. The Labute approximate surface area is 131 Å². The molecule has 2 N–H and O–H groups in total. The molecule has 2 heterocycles. The molecule has 1 saturated heterocycles. The number of nitrogens with zero attached hydrogens (tertiary/aromatic N) is 4. The Bertz CT molecular complexity index is 586. The molecule has 9 heteroatoms. The molecule has 0 saturated carbocycles. The zero-order chi connectivity index (χ0) is 16.3. The summed E-state index contributed by atoms with van der Waals surface area (Å²) in [4.78, 5) is 6.42. The van der Waals surface area contributed by atoms with Gasteiger partial charge in [-0.2, -0.15) is 17.4 Å². The molecule has 22 heavy (non-hydrogen) atoms. The Balaban J connectivity index is 1.84. The van der Waals surface area contributed by atoms with Crippen LogP contribution >= 0.6 is 0 Å². The maximum Gasteiger partial charge on any atom is 0.279 e. The van der Waals surface area contributed by atoms with Crippen LogP contribution in [-0.4, -0.2) is 78.2 Å². The van der Waals surface area contributed by atoms with Gasteiger partial charge in [0.2, 0.25) is 0 Å². The zero-order valence-corrected chi connectivity index (χ0v) is 14.1. The second-order valence-corrected chi connectivity index (χ2v) is 7.79. The fraction of sp³-hybridized carbons (Fsp3) is 0.769. The van der Waals surface area contributed by atoms with Gasteiger partial charge in [-0.05, 0) is 13.0 Å². The minimum Gasteiger partial charge on any atom is -0.390 e. The maximum absolute atomic E-state index is 11.8. The van der Waals surface area contributed by atoms with Gasteiger partial charge in [0, 0.05) is 53.0 Å². The van der Waals surface area contributed by atoms with E-state index in [1.165, 1.54) is 14.1 Å². The molecular formula is C13H25N5O3S. The first-order valence-corrected chi connectivity index (χ1v) is 8.80. The number of hydrogen-bond acceptors (Lipinski definition) is 5. The minimum atomic E-state index is -3.51. The van der Waals surface area contributed by atoms with Crippen molar-refractivity contribution in [2.75, 3.05) is 33.7 Å². The number of rotatable bonds is 6. The summed E-state index contributed by atoms with van der Waals surface area (Å²) in [6.07, 6.45) is 4.38. The first kappa shape index (κ1) is 17.4. The van der Waals surface area contributed by atoms with E-state index in [0.717, 1.165) is 29.6 Å². The normalized spacial score (nSPS) is 24.0. The number of piperidine rings is 1. The van der Waals surface area contributed by atoms with E-state index in [1.54, 1.807) is 6.20 Å². The Hall–Kier alpha value is -1.00. The summed E-state index contributed by atoms with van der Waals surface area (Å²) in [7, 11) is 1.39. The molecule has 0 spiro atoms. The summed E-state index contributed by atoms with van der Waals surface area (Å²) >= 11 is 0. The number of aliphatic hydroxyl groups excluding tert-OH is 1. The average Bonchev–Trinajstić information content (AvgIpc) is 2.84. The van der Waals surface area contributed by atoms with Crippen molar-refractivity contribution in [2.24, 2.45) is 7.05 Å². The smallest absolute Gasteiger partial charge is 0.279 e. The van der Waals surface area contributed by atoms with Crippen LogP contribution in [0.2, 0.25) is 0 Å². The molecule has 1 aliphatic heterocycles. The van der Waals surface area contributed by atoms with Gasteiger partial charge in [-0.1, -0.05) is 0 Å². The van der Waals surface area contributed by atoms with Crippen LogP contribution in [0.5, 0.6) is 0 Å². The fourth-order valence-electron chi connectivity index (χ4n) is 2.53. The number of aromatic nitrogens is 2. The summed E-state index contributed by atoms with van der Waals surface area (Å²) in [6, 6.07) is -0.434. The van der Waals surface area contributed by atoms with E-state index in [0.29, 0.717) is 13.0 Å². The third kappa shape index (κ3) is 4.26. The third-order valence-corrected chi connectivity index (χ3v) is 5.58.